The molecule has 9 atom stereocenters. The first kappa shape index (κ1) is 18.6. The van der Waals surface area contributed by atoms with Crippen molar-refractivity contribution in [1.82, 2.24) is 0 Å². The van der Waals surface area contributed by atoms with Gasteiger partial charge in [0.1, 0.15) is 0 Å². The van der Waals surface area contributed by atoms with Crippen molar-refractivity contribution in [3.8, 4) is 0 Å². The lowest BCUT2D eigenvalue weighted by molar-refractivity contribution is -0.0487. The maximum Gasteiger partial charge on any atom is 0.0362 e. The molecule has 4 aliphatic rings. The zero-order valence-corrected chi connectivity index (χ0v) is 18.7. The SMILES string of the molecule is CC[C@H](C)[C@H]1CC[C@H]2[C@@H]3[C@H](Br)C=C4C[C@@H](C)CC[C@]4(C)[C@H]3CC[C@]12C. The molecule has 0 aromatic carbocycles. The Morgan fingerprint density at radius 3 is 2.60 bits per heavy atom. The fourth-order valence-electron chi connectivity index (χ4n) is 8.04. The van der Waals surface area contributed by atoms with Gasteiger partial charge in [0, 0.05) is 4.83 Å². The first-order valence-electron chi connectivity index (χ1n) is 11.2. The second-order valence-electron chi connectivity index (χ2n) is 10.8. The fraction of sp³-hybridized carbons (Fsp3) is 0.917. The van der Waals surface area contributed by atoms with Gasteiger partial charge in [-0.1, -0.05) is 68.6 Å². The monoisotopic (exact) mass is 406 g/mol. The highest BCUT2D eigenvalue weighted by Crippen LogP contribution is 2.68. The Morgan fingerprint density at radius 1 is 1.12 bits per heavy atom. The van der Waals surface area contributed by atoms with Crippen LogP contribution < -0.4 is 0 Å². The summed E-state index contributed by atoms with van der Waals surface area (Å²) in [5.74, 6) is 5.52. The van der Waals surface area contributed by atoms with Crippen LogP contribution in [-0.4, -0.2) is 4.83 Å². The van der Waals surface area contributed by atoms with Crippen LogP contribution in [0, 0.1) is 46.3 Å². The first-order valence-corrected chi connectivity index (χ1v) is 12.1. The van der Waals surface area contributed by atoms with Gasteiger partial charge in [0.15, 0.2) is 0 Å². The van der Waals surface area contributed by atoms with Crippen molar-refractivity contribution in [2.24, 2.45) is 46.3 Å². The molecule has 0 nitrogen and oxygen atoms in total. The molecule has 0 bridgehead atoms. The lowest BCUT2D eigenvalue weighted by atomic mass is 9.46. The number of halogens is 1. The van der Waals surface area contributed by atoms with E-state index in [1.807, 2.05) is 5.57 Å². The van der Waals surface area contributed by atoms with E-state index < -0.39 is 0 Å². The molecular weight excluding hydrogens is 368 g/mol. The highest BCUT2D eigenvalue weighted by atomic mass is 79.9. The van der Waals surface area contributed by atoms with Gasteiger partial charge >= 0.3 is 0 Å². The van der Waals surface area contributed by atoms with Crippen molar-refractivity contribution in [2.75, 3.05) is 0 Å². The third-order valence-corrected chi connectivity index (χ3v) is 10.6. The second-order valence-corrected chi connectivity index (χ2v) is 11.9. The van der Waals surface area contributed by atoms with Gasteiger partial charge in [0.05, 0.1) is 0 Å². The Labute approximate surface area is 164 Å². The molecule has 0 heterocycles. The van der Waals surface area contributed by atoms with Gasteiger partial charge in [-0.3, -0.25) is 0 Å². The molecule has 0 spiro atoms. The van der Waals surface area contributed by atoms with E-state index in [1.165, 1.54) is 51.4 Å². The normalized spacial score (nSPS) is 53.4. The molecule has 0 aromatic heterocycles. The Morgan fingerprint density at radius 2 is 1.88 bits per heavy atom. The van der Waals surface area contributed by atoms with Gasteiger partial charge in [-0.05, 0) is 91.3 Å². The summed E-state index contributed by atoms with van der Waals surface area (Å²) in [6.45, 7) is 12.7. The topological polar surface area (TPSA) is 0 Å². The molecule has 3 fully saturated rings. The summed E-state index contributed by atoms with van der Waals surface area (Å²) in [6, 6.07) is 0. The van der Waals surface area contributed by atoms with Crippen LogP contribution in [0.1, 0.15) is 86.0 Å². The Hall–Kier alpha value is 0.220. The zero-order chi connectivity index (χ0) is 18.0. The molecule has 0 N–H and O–H groups in total. The molecule has 0 aromatic rings. The number of hydrogen-bond donors (Lipinski definition) is 0. The summed E-state index contributed by atoms with van der Waals surface area (Å²) < 4.78 is 0. The van der Waals surface area contributed by atoms with Crippen LogP contribution in [0.2, 0.25) is 0 Å². The van der Waals surface area contributed by atoms with Crippen molar-refractivity contribution in [3.63, 3.8) is 0 Å². The van der Waals surface area contributed by atoms with Crippen molar-refractivity contribution in [2.45, 2.75) is 90.8 Å². The summed E-state index contributed by atoms with van der Waals surface area (Å²) in [5.41, 5.74) is 2.93. The van der Waals surface area contributed by atoms with Crippen molar-refractivity contribution < 1.29 is 0 Å². The van der Waals surface area contributed by atoms with Gasteiger partial charge < -0.3 is 0 Å². The average molecular weight is 407 g/mol. The van der Waals surface area contributed by atoms with E-state index in [4.69, 9.17) is 0 Å². The third kappa shape index (κ3) is 2.65. The van der Waals surface area contributed by atoms with Crippen molar-refractivity contribution >= 4 is 15.9 Å². The number of rotatable bonds is 2. The Balaban J connectivity index is 1.68. The van der Waals surface area contributed by atoms with E-state index in [0.29, 0.717) is 15.7 Å². The summed E-state index contributed by atoms with van der Waals surface area (Å²) in [5, 5.41) is 0. The minimum Gasteiger partial charge on any atom is -0.0842 e. The van der Waals surface area contributed by atoms with Crippen LogP contribution in [0.5, 0.6) is 0 Å². The summed E-state index contributed by atoms with van der Waals surface area (Å²) >= 11 is 4.19. The molecule has 4 aliphatic carbocycles. The molecule has 0 saturated heterocycles. The van der Waals surface area contributed by atoms with E-state index in [0.717, 1.165) is 35.5 Å². The maximum atomic E-state index is 4.19. The lowest BCUT2D eigenvalue weighted by Crippen LogP contribution is -2.53. The van der Waals surface area contributed by atoms with Gasteiger partial charge in [-0.25, -0.2) is 0 Å². The van der Waals surface area contributed by atoms with E-state index in [9.17, 15) is 0 Å². The molecule has 25 heavy (non-hydrogen) atoms. The van der Waals surface area contributed by atoms with Crippen LogP contribution in [-0.2, 0) is 0 Å². The molecule has 1 heteroatoms. The predicted molar refractivity (Wildman–Crippen MR) is 112 cm³/mol. The minimum atomic E-state index is 0.511. The lowest BCUT2D eigenvalue weighted by Gasteiger charge is -2.59. The smallest absolute Gasteiger partial charge is 0.0362 e. The van der Waals surface area contributed by atoms with E-state index in [2.05, 4.69) is 56.6 Å². The number of fused-ring (bicyclic) bond motifs is 5. The fourth-order valence-corrected chi connectivity index (χ4v) is 9.10. The standard InChI is InChI=1S/C24H39Br/c1-6-16(3)18-7-8-19-22-20(10-12-24(18,19)5)23(4)11-9-15(2)13-17(23)14-21(22)25/h14-16,18-22H,6-13H2,1-5H3/t15-,16-,18+,19-,20-,21+,22-,23-,24+/m0/s1. The van der Waals surface area contributed by atoms with Gasteiger partial charge in [-0.15, -0.1) is 0 Å². The highest BCUT2D eigenvalue weighted by Gasteiger charge is 2.60. The largest absolute Gasteiger partial charge is 0.0842 e. The van der Waals surface area contributed by atoms with Crippen molar-refractivity contribution in [1.29, 1.82) is 0 Å². The minimum absolute atomic E-state index is 0.511. The molecule has 0 unspecified atom stereocenters. The summed E-state index contributed by atoms with van der Waals surface area (Å²) in [6.07, 6.45) is 14.3. The third-order valence-electron chi connectivity index (χ3n) is 9.74. The van der Waals surface area contributed by atoms with E-state index in [-0.39, 0.29) is 0 Å². The molecular formula is C24H39Br. The number of alkyl halides is 1. The zero-order valence-electron chi connectivity index (χ0n) is 17.2. The van der Waals surface area contributed by atoms with E-state index in [1.54, 1.807) is 0 Å². The summed E-state index contributed by atoms with van der Waals surface area (Å²) in [4.78, 5) is 0.631. The average Bonchev–Trinajstić information content (AvgIpc) is 2.93. The Bertz CT molecular complexity index is 550. The maximum absolute atomic E-state index is 4.19. The van der Waals surface area contributed by atoms with Crippen LogP contribution >= 0.6 is 15.9 Å². The number of allylic oxidation sites excluding steroid dienone is 2. The van der Waals surface area contributed by atoms with Crippen molar-refractivity contribution in [3.05, 3.63) is 11.6 Å². The number of hydrogen-bond acceptors (Lipinski definition) is 0. The summed E-state index contributed by atoms with van der Waals surface area (Å²) in [7, 11) is 0. The molecule has 3 saturated carbocycles. The van der Waals surface area contributed by atoms with Gasteiger partial charge in [-0.2, -0.15) is 0 Å². The molecule has 4 rings (SSSR count). The molecule has 0 aliphatic heterocycles. The van der Waals surface area contributed by atoms with Gasteiger partial charge in [0.2, 0.25) is 0 Å². The molecule has 0 amide bonds. The quantitative estimate of drug-likeness (QED) is 0.326. The van der Waals surface area contributed by atoms with Crippen LogP contribution in [0.25, 0.3) is 0 Å². The molecule has 0 radical (unpaired) electrons. The molecule has 142 valence electrons. The Kier molecular flexibility index (Phi) is 4.75. The first-order chi connectivity index (χ1) is 11.8. The van der Waals surface area contributed by atoms with Gasteiger partial charge in [0.25, 0.3) is 0 Å². The predicted octanol–water partition coefficient (Wildman–Crippen LogP) is 7.62. The van der Waals surface area contributed by atoms with Crippen LogP contribution in [0.4, 0.5) is 0 Å². The van der Waals surface area contributed by atoms with Crippen LogP contribution in [0.3, 0.4) is 0 Å². The van der Waals surface area contributed by atoms with E-state index >= 15 is 0 Å². The highest BCUT2D eigenvalue weighted by molar-refractivity contribution is 9.09. The van der Waals surface area contributed by atoms with Crippen LogP contribution in [0.15, 0.2) is 11.6 Å². The second kappa shape index (κ2) is 6.39.